The summed E-state index contributed by atoms with van der Waals surface area (Å²) in [5.74, 6) is -1.75. The third-order valence-corrected chi connectivity index (χ3v) is 5.03. The maximum absolute atomic E-state index is 13.9. The average molecular weight is 478 g/mol. The quantitative estimate of drug-likeness (QED) is 0.575. The molecule has 0 bridgehead atoms. The van der Waals surface area contributed by atoms with Crippen molar-refractivity contribution >= 4 is 21.8 Å². The van der Waals surface area contributed by atoms with Gasteiger partial charge in [-0.25, -0.2) is 8.78 Å². The maximum atomic E-state index is 13.9. The summed E-state index contributed by atoms with van der Waals surface area (Å²) in [6, 6.07) is 9.22. The number of carbonyl (C=O) groups excluding carboxylic acids is 1. The zero-order valence-electron chi connectivity index (χ0n) is 16.2. The molecule has 1 amide bonds. The van der Waals surface area contributed by atoms with Crippen LogP contribution in [0, 0.1) is 11.6 Å². The molecular formula is C21H18BrF2N3O3. The van der Waals surface area contributed by atoms with Crippen molar-refractivity contribution < 1.29 is 18.3 Å². The van der Waals surface area contributed by atoms with Gasteiger partial charge in [0.1, 0.15) is 28.5 Å². The van der Waals surface area contributed by atoms with E-state index < -0.39 is 17.5 Å². The lowest BCUT2D eigenvalue weighted by Crippen LogP contribution is -2.26. The van der Waals surface area contributed by atoms with Crippen molar-refractivity contribution in [1.82, 2.24) is 9.55 Å². The van der Waals surface area contributed by atoms with Crippen LogP contribution in [0.25, 0.3) is 11.4 Å². The van der Waals surface area contributed by atoms with E-state index >= 15 is 0 Å². The SMILES string of the molecule is CC(C)n1c(-c2ccc(C(N)=O)cc2)nc(OCc2ccc(F)cc2F)c(Br)c1=O. The Labute approximate surface area is 179 Å². The fourth-order valence-electron chi connectivity index (χ4n) is 2.84. The molecule has 0 atom stereocenters. The van der Waals surface area contributed by atoms with Gasteiger partial charge in [0.2, 0.25) is 11.8 Å². The topological polar surface area (TPSA) is 87.2 Å². The third-order valence-electron chi connectivity index (χ3n) is 4.35. The Morgan fingerprint density at radius 2 is 1.87 bits per heavy atom. The molecule has 2 aromatic carbocycles. The first-order chi connectivity index (χ1) is 14.2. The van der Waals surface area contributed by atoms with Crippen LogP contribution < -0.4 is 16.0 Å². The first kappa shape index (κ1) is 21.6. The van der Waals surface area contributed by atoms with Crippen molar-refractivity contribution in [3.8, 4) is 17.3 Å². The number of nitrogens with two attached hydrogens (primary N) is 1. The molecular weight excluding hydrogens is 460 g/mol. The summed E-state index contributed by atoms with van der Waals surface area (Å²) >= 11 is 3.20. The summed E-state index contributed by atoms with van der Waals surface area (Å²) < 4.78 is 34.1. The van der Waals surface area contributed by atoms with E-state index in [1.54, 1.807) is 12.1 Å². The Balaban J connectivity index is 2.04. The molecule has 1 heterocycles. The van der Waals surface area contributed by atoms with Crippen LogP contribution in [-0.4, -0.2) is 15.5 Å². The zero-order chi connectivity index (χ0) is 22.0. The lowest BCUT2D eigenvalue weighted by Gasteiger charge is -2.18. The lowest BCUT2D eigenvalue weighted by atomic mass is 10.1. The summed E-state index contributed by atoms with van der Waals surface area (Å²) in [6.45, 7) is 3.40. The molecule has 0 saturated heterocycles. The van der Waals surface area contributed by atoms with Gasteiger partial charge in [-0.15, -0.1) is 0 Å². The molecule has 0 saturated carbocycles. The monoisotopic (exact) mass is 477 g/mol. The van der Waals surface area contributed by atoms with E-state index in [1.165, 1.54) is 22.8 Å². The Hall–Kier alpha value is -3.07. The summed E-state index contributed by atoms with van der Waals surface area (Å²) in [6.07, 6.45) is 0. The minimum Gasteiger partial charge on any atom is -0.472 e. The first-order valence-corrected chi connectivity index (χ1v) is 9.77. The van der Waals surface area contributed by atoms with Crippen LogP contribution in [-0.2, 0) is 6.61 Å². The van der Waals surface area contributed by atoms with Crippen molar-refractivity contribution in [2.45, 2.75) is 26.5 Å². The van der Waals surface area contributed by atoms with Gasteiger partial charge in [-0.05, 0) is 54.0 Å². The lowest BCUT2D eigenvalue weighted by molar-refractivity contribution is 0.100. The van der Waals surface area contributed by atoms with Crippen LogP contribution in [0.15, 0.2) is 51.7 Å². The van der Waals surface area contributed by atoms with E-state index in [-0.39, 0.29) is 34.1 Å². The van der Waals surface area contributed by atoms with Crippen molar-refractivity contribution in [3.05, 3.63) is 80.1 Å². The van der Waals surface area contributed by atoms with E-state index in [2.05, 4.69) is 20.9 Å². The molecule has 156 valence electrons. The van der Waals surface area contributed by atoms with Gasteiger partial charge in [-0.3, -0.25) is 14.2 Å². The van der Waals surface area contributed by atoms with E-state index in [4.69, 9.17) is 10.5 Å². The van der Waals surface area contributed by atoms with Gasteiger partial charge in [0.25, 0.3) is 5.56 Å². The van der Waals surface area contributed by atoms with Crippen LogP contribution in [0.2, 0.25) is 0 Å². The highest BCUT2D eigenvalue weighted by Gasteiger charge is 2.20. The maximum Gasteiger partial charge on any atom is 0.272 e. The Morgan fingerprint density at radius 1 is 1.20 bits per heavy atom. The highest BCUT2D eigenvalue weighted by Crippen LogP contribution is 2.27. The smallest absolute Gasteiger partial charge is 0.272 e. The van der Waals surface area contributed by atoms with Gasteiger partial charge >= 0.3 is 0 Å². The van der Waals surface area contributed by atoms with Crippen LogP contribution >= 0.6 is 15.9 Å². The fraction of sp³-hybridized carbons (Fsp3) is 0.190. The normalized spacial score (nSPS) is 11.0. The Morgan fingerprint density at radius 3 is 2.43 bits per heavy atom. The molecule has 3 aromatic rings. The van der Waals surface area contributed by atoms with Crippen LogP contribution in [0.3, 0.4) is 0 Å². The zero-order valence-corrected chi connectivity index (χ0v) is 17.7. The second-order valence-corrected chi connectivity index (χ2v) is 7.58. The largest absolute Gasteiger partial charge is 0.472 e. The van der Waals surface area contributed by atoms with Gasteiger partial charge in [0.15, 0.2) is 0 Å². The van der Waals surface area contributed by atoms with Crippen molar-refractivity contribution in [2.24, 2.45) is 5.73 Å². The predicted octanol–water partition coefficient (Wildman–Crippen LogP) is 4.21. The number of rotatable bonds is 6. The molecule has 0 fully saturated rings. The second-order valence-electron chi connectivity index (χ2n) is 6.79. The molecule has 0 aliphatic carbocycles. The summed E-state index contributed by atoms with van der Waals surface area (Å²) in [7, 11) is 0. The molecule has 0 unspecified atom stereocenters. The van der Waals surface area contributed by atoms with Crippen LogP contribution in [0.4, 0.5) is 8.78 Å². The molecule has 9 heteroatoms. The van der Waals surface area contributed by atoms with Crippen LogP contribution in [0.5, 0.6) is 5.88 Å². The van der Waals surface area contributed by atoms with Gasteiger partial charge in [0.05, 0.1) is 0 Å². The Bertz CT molecular complexity index is 1160. The molecule has 0 aliphatic heterocycles. The number of ether oxygens (including phenoxy) is 1. The second kappa shape index (κ2) is 8.74. The number of hydrogen-bond acceptors (Lipinski definition) is 4. The molecule has 6 nitrogen and oxygen atoms in total. The number of halogens is 3. The minimum absolute atomic E-state index is 0.0328. The molecule has 1 aromatic heterocycles. The number of benzene rings is 2. The van der Waals surface area contributed by atoms with Gasteiger partial charge in [-0.1, -0.05) is 12.1 Å². The third kappa shape index (κ3) is 4.40. The van der Waals surface area contributed by atoms with Gasteiger partial charge in [-0.2, -0.15) is 4.98 Å². The fourth-order valence-corrected chi connectivity index (χ4v) is 3.23. The van der Waals surface area contributed by atoms with Crippen molar-refractivity contribution in [2.75, 3.05) is 0 Å². The number of aromatic nitrogens is 2. The van der Waals surface area contributed by atoms with E-state index in [1.807, 2.05) is 13.8 Å². The molecule has 3 rings (SSSR count). The van der Waals surface area contributed by atoms with Crippen molar-refractivity contribution in [1.29, 1.82) is 0 Å². The average Bonchev–Trinajstić information content (AvgIpc) is 2.69. The number of primary amides is 1. The molecule has 0 radical (unpaired) electrons. The standard InChI is InChI=1S/C21H18BrF2N3O3/c1-11(2)27-19(13-5-3-12(4-6-13)18(25)28)26-20(17(22)21(27)29)30-10-14-7-8-15(23)9-16(14)24/h3-9,11H,10H2,1-2H3,(H2,25,28). The summed E-state index contributed by atoms with van der Waals surface area (Å²) in [4.78, 5) is 28.7. The highest BCUT2D eigenvalue weighted by molar-refractivity contribution is 9.10. The van der Waals surface area contributed by atoms with Gasteiger partial charge in [0, 0.05) is 28.8 Å². The summed E-state index contributed by atoms with van der Waals surface area (Å²) in [5.41, 5.74) is 5.89. The highest BCUT2D eigenvalue weighted by atomic mass is 79.9. The van der Waals surface area contributed by atoms with Crippen LogP contribution in [0.1, 0.15) is 35.8 Å². The first-order valence-electron chi connectivity index (χ1n) is 8.98. The van der Waals surface area contributed by atoms with E-state index in [0.717, 1.165) is 12.1 Å². The molecule has 0 aliphatic rings. The summed E-state index contributed by atoms with van der Waals surface area (Å²) in [5, 5.41) is 0. The van der Waals surface area contributed by atoms with Gasteiger partial charge < -0.3 is 10.5 Å². The number of carbonyl (C=O) groups is 1. The number of amides is 1. The molecule has 2 N–H and O–H groups in total. The van der Waals surface area contributed by atoms with E-state index in [9.17, 15) is 18.4 Å². The predicted molar refractivity (Wildman–Crippen MR) is 111 cm³/mol. The Kier molecular flexibility index (Phi) is 6.31. The number of nitrogens with zero attached hydrogens (tertiary/aromatic N) is 2. The minimum atomic E-state index is -0.760. The van der Waals surface area contributed by atoms with E-state index in [0.29, 0.717) is 17.0 Å². The molecule has 0 spiro atoms. The molecule has 30 heavy (non-hydrogen) atoms. The number of hydrogen-bond donors (Lipinski definition) is 1. The van der Waals surface area contributed by atoms with Crippen molar-refractivity contribution in [3.63, 3.8) is 0 Å².